The average Bonchev–Trinajstić information content (AvgIpc) is 3.59. The molecule has 1 aliphatic carbocycles. The fourth-order valence-corrected chi connectivity index (χ4v) is 9.04. The Hall–Kier alpha value is -3.25. The Morgan fingerprint density at radius 3 is 2.55 bits per heavy atom. The zero-order chi connectivity index (χ0) is 34.3. The number of Topliss-reactive ketones (excluding diaryl/α,β-unsaturated/α-hetero) is 1. The van der Waals surface area contributed by atoms with Crippen LogP contribution in [0.1, 0.15) is 42.3 Å². The number of aliphatic hydroxyl groups is 2. The highest BCUT2D eigenvalue weighted by Gasteiger charge is 2.38. The van der Waals surface area contributed by atoms with Gasteiger partial charge in [-0.1, -0.05) is 63.7 Å². The van der Waals surface area contributed by atoms with E-state index in [0.29, 0.717) is 31.1 Å². The lowest BCUT2D eigenvalue weighted by Crippen LogP contribution is -2.35. The highest BCUT2D eigenvalue weighted by atomic mass is 79.9. The molecule has 0 bridgehead atoms. The van der Waals surface area contributed by atoms with E-state index in [4.69, 9.17) is 4.74 Å². The normalized spacial score (nSPS) is 16.1. The number of hydrogen-bond acceptors (Lipinski definition) is 8. The van der Waals surface area contributed by atoms with Gasteiger partial charge in [0.05, 0.1) is 31.2 Å². The van der Waals surface area contributed by atoms with E-state index >= 15 is 0 Å². The number of anilines is 2. The number of allylic oxidation sites excluding steroid dienone is 3. The Morgan fingerprint density at radius 2 is 1.78 bits per heavy atom. The summed E-state index contributed by atoms with van der Waals surface area (Å²) in [5.74, 6) is 1.70. The summed E-state index contributed by atoms with van der Waals surface area (Å²) in [6.07, 6.45) is 6.82. The van der Waals surface area contributed by atoms with Crippen LogP contribution in [0.25, 0.3) is 16.3 Å². The van der Waals surface area contributed by atoms with E-state index in [9.17, 15) is 15.0 Å². The third-order valence-electron chi connectivity index (χ3n) is 8.73. The number of hydrogen-bond donors (Lipinski definition) is 2. The molecule has 0 amide bonds. The molecule has 0 spiro atoms. The first-order valence-electron chi connectivity index (χ1n) is 16.9. The lowest BCUT2D eigenvalue weighted by Gasteiger charge is -2.28. The van der Waals surface area contributed by atoms with Gasteiger partial charge in [0, 0.05) is 64.5 Å². The number of unbranched alkanes of at least 4 members (excludes halogenated alkanes) is 2. The number of thiazole rings is 1. The molecule has 7 nitrogen and oxygen atoms in total. The van der Waals surface area contributed by atoms with Crippen molar-refractivity contribution >= 4 is 72.5 Å². The van der Waals surface area contributed by atoms with Gasteiger partial charge in [-0.3, -0.25) is 4.79 Å². The molecule has 3 aromatic carbocycles. The fraction of sp³-hybridized carbons (Fsp3) is 0.333. The first kappa shape index (κ1) is 35.6. The molecule has 0 saturated carbocycles. The summed E-state index contributed by atoms with van der Waals surface area (Å²) < 4.78 is 10.1. The van der Waals surface area contributed by atoms with Gasteiger partial charge in [0.25, 0.3) is 5.01 Å². The number of carbonyl (C=O) groups excluding carboxylic acids is 1. The highest BCUT2D eigenvalue weighted by Crippen LogP contribution is 2.47. The van der Waals surface area contributed by atoms with Gasteiger partial charge in [-0.15, -0.1) is 11.8 Å². The van der Waals surface area contributed by atoms with Crippen molar-refractivity contribution in [3.8, 4) is 0 Å². The van der Waals surface area contributed by atoms with Crippen molar-refractivity contribution in [3.05, 3.63) is 115 Å². The molecule has 49 heavy (non-hydrogen) atoms. The molecule has 0 radical (unpaired) electrons. The molecular weight excluding hydrogens is 718 g/mol. The third-order valence-corrected chi connectivity index (χ3v) is 11.4. The number of aliphatic hydroxyl groups excluding tert-OH is 2. The SMILES string of the molecule is CCN1/C(=C/C2=C(SCCOCCO)C(=C\c3sc4cc(Br)ccc4[n+]3CCCCCO)/C2=O)N(Cc2ccccc2)c2ccc(C)cc21. The minimum Gasteiger partial charge on any atom is -0.396 e. The lowest BCUT2D eigenvalue weighted by atomic mass is 9.89. The Morgan fingerprint density at radius 1 is 0.939 bits per heavy atom. The van der Waals surface area contributed by atoms with Crippen molar-refractivity contribution in [1.29, 1.82) is 0 Å². The molecule has 2 N–H and O–H groups in total. The lowest BCUT2D eigenvalue weighted by molar-refractivity contribution is -0.669. The predicted molar refractivity (Wildman–Crippen MR) is 206 cm³/mol. The van der Waals surface area contributed by atoms with E-state index in [1.54, 1.807) is 23.1 Å². The molecule has 2 heterocycles. The maximum atomic E-state index is 14.2. The van der Waals surface area contributed by atoms with Gasteiger partial charge in [0.15, 0.2) is 12.3 Å². The van der Waals surface area contributed by atoms with Gasteiger partial charge in [0.2, 0.25) is 5.52 Å². The fourth-order valence-electron chi connectivity index (χ4n) is 6.34. The molecule has 2 aliphatic rings. The van der Waals surface area contributed by atoms with Gasteiger partial charge in [0.1, 0.15) is 10.5 Å². The van der Waals surface area contributed by atoms with E-state index in [1.807, 2.05) is 6.07 Å². The summed E-state index contributed by atoms with van der Waals surface area (Å²) in [5.41, 5.74) is 7.26. The van der Waals surface area contributed by atoms with Crippen LogP contribution in [0, 0.1) is 6.92 Å². The molecule has 6 rings (SSSR count). The van der Waals surface area contributed by atoms with Gasteiger partial charge in [-0.2, -0.15) is 4.57 Å². The van der Waals surface area contributed by atoms with Crippen molar-refractivity contribution in [3.63, 3.8) is 0 Å². The summed E-state index contributed by atoms with van der Waals surface area (Å²) in [7, 11) is 0. The van der Waals surface area contributed by atoms with Gasteiger partial charge >= 0.3 is 0 Å². The second-order valence-electron chi connectivity index (χ2n) is 12.1. The van der Waals surface area contributed by atoms with E-state index < -0.39 is 0 Å². The number of nitrogens with zero attached hydrogens (tertiary/aromatic N) is 3. The molecule has 256 valence electrons. The zero-order valence-corrected chi connectivity index (χ0v) is 31.2. The number of halogens is 1. The molecule has 1 aromatic heterocycles. The second kappa shape index (κ2) is 16.6. The first-order valence-corrected chi connectivity index (χ1v) is 19.5. The van der Waals surface area contributed by atoms with Crippen LogP contribution in [0.15, 0.2) is 99.2 Å². The first-order chi connectivity index (χ1) is 23.9. The largest absolute Gasteiger partial charge is 0.396 e. The predicted octanol–water partition coefficient (Wildman–Crippen LogP) is 7.77. The van der Waals surface area contributed by atoms with Crippen LogP contribution < -0.4 is 14.4 Å². The third kappa shape index (κ3) is 7.90. The van der Waals surface area contributed by atoms with Crippen molar-refractivity contribution in [1.82, 2.24) is 0 Å². The molecule has 0 unspecified atom stereocenters. The average molecular weight is 762 g/mol. The minimum atomic E-state index is -0.0150. The molecule has 10 heteroatoms. The maximum absolute atomic E-state index is 14.2. The van der Waals surface area contributed by atoms with E-state index in [1.165, 1.54) is 11.1 Å². The molecule has 4 aromatic rings. The van der Waals surface area contributed by atoms with Crippen LogP contribution in [-0.4, -0.2) is 54.7 Å². The van der Waals surface area contributed by atoms with Crippen LogP contribution in [0.5, 0.6) is 0 Å². The summed E-state index contributed by atoms with van der Waals surface area (Å²) >= 11 is 6.96. The number of aromatic nitrogens is 1. The number of thioether (sulfide) groups is 1. The van der Waals surface area contributed by atoms with Crippen molar-refractivity contribution in [2.75, 3.05) is 48.5 Å². The highest BCUT2D eigenvalue weighted by molar-refractivity contribution is 9.10. The smallest absolute Gasteiger partial charge is 0.263 e. The second-order valence-corrected chi connectivity index (χ2v) is 15.2. The van der Waals surface area contributed by atoms with E-state index in [2.05, 4.69) is 117 Å². The van der Waals surface area contributed by atoms with Gasteiger partial charge in [-0.05, 0) is 68.2 Å². The quantitative estimate of drug-likeness (QED) is 0.0687. The molecule has 1 aliphatic heterocycles. The number of ether oxygens (including phenoxy) is 1. The standard InChI is InChI=1S/C39H43BrN3O4S2/c1-3-41-34-22-27(2)12-14-32(34)43(26-28-10-6-4-7-11-28)36(41)24-30-38(46)31(39(30)48-21-20-47-19-18-45)25-37-42(16-8-5-9-17-44)33-15-13-29(40)23-35(33)49-37/h4,6-7,10-15,22-25,44-45H,3,5,8-9,16-21,26H2,1-2H3/q+1. The topological polar surface area (TPSA) is 77.1 Å². The summed E-state index contributed by atoms with van der Waals surface area (Å²) in [6, 6.07) is 23.3. The number of aryl methyl sites for hydroxylation is 2. The number of ketones is 1. The Balaban J connectivity index is 1.42. The zero-order valence-electron chi connectivity index (χ0n) is 28.0. The molecule has 0 atom stereocenters. The van der Waals surface area contributed by atoms with Crippen LogP contribution in [-0.2, 0) is 22.6 Å². The summed E-state index contributed by atoms with van der Waals surface area (Å²) in [4.78, 5) is 19.8. The number of carbonyl (C=O) groups is 1. The Kier molecular flexibility index (Phi) is 12.1. The van der Waals surface area contributed by atoms with Crippen LogP contribution >= 0.6 is 39.0 Å². The summed E-state index contributed by atoms with van der Waals surface area (Å²) in [5, 5.41) is 19.6. The Bertz CT molecular complexity index is 1900. The van der Waals surface area contributed by atoms with Gasteiger partial charge < -0.3 is 24.7 Å². The minimum absolute atomic E-state index is 0.0150. The number of benzene rings is 3. The van der Waals surface area contributed by atoms with Crippen molar-refractivity contribution < 1.29 is 24.3 Å². The van der Waals surface area contributed by atoms with E-state index in [-0.39, 0.29) is 19.0 Å². The van der Waals surface area contributed by atoms with E-state index in [0.717, 1.165) is 79.7 Å². The molecule has 0 saturated heterocycles. The van der Waals surface area contributed by atoms with Crippen LogP contribution in [0.4, 0.5) is 11.4 Å². The molecular formula is C39H43BrN3O4S2+. The molecule has 0 fully saturated rings. The number of rotatable bonds is 16. The summed E-state index contributed by atoms with van der Waals surface area (Å²) in [6.45, 7) is 7.49. The van der Waals surface area contributed by atoms with Crippen LogP contribution in [0.2, 0.25) is 0 Å². The monoisotopic (exact) mass is 760 g/mol. The van der Waals surface area contributed by atoms with Crippen molar-refractivity contribution in [2.24, 2.45) is 0 Å². The van der Waals surface area contributed by atoms with Crippen LogP contribution in [0.3, 0.4) is 0 Å². The van der Waals surface area contributed by atoms with Gasteiger partial charge in [-0.25, -0.2) is 0 Å². The maximum Gasteiger partial charge on any atom is 0.263 e. The number of fused-ring (bicyclic) bond motifs is 2. The van der Waals surface area contributed by atoms with Crippen molar-refractivity contribution in [2.45, 2.75) is 46.2 Å². The Labute approximate surface area is 305 Å².